The Labute approximate surface area is 127 Å². The van der Waals surface area contributed by atoms with Gasteiger partial charge in [0.05, 0.1) is 11.9 Å². The normalized spacial score (nSPS) is 12.3. The lowest BCUT2D eigenvalue weighted by Gasteiger charge is -2.21. The molecule has 1 heterocycles. The van der Waals surface area contributed by atoms with Crippen LogP contribution in [0.25, 0.3) is 0 Å². The van der Waals surface area contributed by atoms with Crippen molar-refractivity contribution in [1.29, 1.82) is 0 Å². The van der Waals surface area contributed by atoms with Gasteiger partial charge in [-0.05, 0) is 45.1 Å². The summed E-state index contributed by atoms with van der Waals surface area (Å²) < 4.78 is 6.15. The largest absolute Gasteiger partial charge is 0.543 e. The Balaban J connectivity index is 2.44. The van der Waals surface area contributed by atoms with Gasteiger partial charge in [-0.15, -0.1) is 0 Å². The fraction of sp³-hybridized carbons (Fsp3) is 0.312. The molecule has 21 heavy (non-hydrogen) atoms. The predicted octanol–water partition coefficient (Wildman–Crippen LogP) is 4.14. The van der Waals surface area contributed by atoms with Gasteiger partial charge < -0.3 is 4.43 Å². The van der Waals surface area contributed by atoms with E-state index >= 15 is 0 Å². The Kier molecular flexibility index (Phi) is 4.52. The molecule has 5 heteroatoms. The monoisotopic (exact) mass is 299 g/mol. The van der Waals surface area contributed by atoms with Crippen molar-refractivity contribution in [2.75, 3.05) is 0 Å². The third kappa shape index (κ3) is 4.22. The maximum atomic E-state index is 6.15. The first kappa shape index (κ1) is 15.4. The predicted molar refractivity (Wildman–Crippen MR) is 89.1 cm³/mol. The zero-order valence-electron chi connectivity index (χ0n) is 13.2. The summed E-state index contributed by atoms with van der Waals surface area (Å²) in [5.41, 5.74) is 3.58. The summed E-state index contributed by atoms with van der Waals surface area (Å²) in [6.07, 6.45) is 5.05. The van der Waals surface area contributed by atoms with Gasteiger partial charge in [0.1, 0.15) is 17.1 Å². The lowest BCUT2D eigenvalue weighted by atomic mass is 10.2. The highest BCUT2D eigenvalue weighted by Crippen LogP contribution is 2.33. The van der Waals surface area contributed by atoms with Gasteiger partial charge in [-0.3, -0.25) is 9.97 Å². The van der Waals surface area contributed by atoms with Crippen molar-refractivity contribution in [3.05, 3.63) is 48.0 Å². The molecule has 0 amide bonds. The van der Waals surface area contributed by atoms with Crippen molar-refractivity contribution < 1.29 is 4.43 Å². The van der Waals surface area contributed by atoms with Crippen molar-refractivity contribution >= 4 is 19.7 Å². The smallest absolute Gasteiger partial charge is 0.242 e. The van der Waals surface area contributed by atoms with E-state index in [0.717, 1.165) is 28.4 Å². The second-order valence-electron chi connectivity index (χ2n) is 5.92. The molecule has 0 radical (unpaired) electrons. The van der Waals surface area contributed by atoms with Crippen LogP contribution in [0.4, 0.5) is 5.69 Å². The van der Waals surface area contributed by atoms with Crippen LogP contribution in [0.15, 0.2) is 41.8 Å². The van der Waals surface area contributed by atoms with Gasteiger partial charge in [0.25, 0.3) is 0 Å². The lowest BCUT2D eigenvalue weighted by molar-refractivity contribution is 0.558. The second kappa shape index (κ2) is 6.18. The molecule has 2 aromatic rings. The molecule has 1 aromatic carbocycles. The van der Waals surface area contributed by atoms with Gasteiger partial charge in [0.2, 0.25) is 8.32 Å². The van der Waals surface area contributed by atoms with Crippen molar-refractivity contribution in [3.8, 4) is 5.75 Å². The van der Waals surface area contributed by atoms with Gasteiger partial charge in [-0.1, -0.05) is 12.1 Å². The van der Waals surface area contributed by atoms with Crippen LogP contribution in [-0.4, -0.2) is 24.0 Å². The Hall–Kier alpha value is -2.01. The van der Waals surface area contributed by atoms with Gasteiger partial charge in [-0.25, -0.2) is 4.99 Å². The summed E-state index contributed by atoms with van der Waals surface area (Å²) >= 11 is 0. The van der Waals surface area contributed by atoms with E-state index in [1.807, 2.05) is 32.0 Å². The SMILES string of the molecule is CC(=Nc1c(C)cccc1O[Si](C)(C)C)c1cnccn1. The third-order valence-electron chi connectivity index (χ3n) is 2.83. The van der Waals surface area contributed by atoms with Crippen LogP contribution in [-0.2, 0) is 0 Å². The number of aromatic nitrogens is 2. The fourth-order valence-electron chi connectivity index (χ4n) is 1.90. The molecular weight excluding hydrogens is 278 g/mol. The summed E-state index contributed by atoms with van der Waals surface area (Å²) in [6.45, 7) is 10.5. The average Bonchev–Trinajstić information content (AvgIpc) is 2.42. The fourth-order valence-corrected chi connectivity index (χ4v) is 2.72. The summed E-state index contributed by atoms with van der Waals surface area (Å²) in [6, 6.07) is 6.02. The molecule has 2 rings (SSSR count). The summed E-state index contributed by atoms with van der Waals surface area (Å²) in [4.78, 5) is 13.1. The molecule has 0 aliphatic rings. The highest BCUT2D eigenvalue weighted by atomic mass is 28.4. The van der Waals surface area contributed by atoms with E-state index in [1.54, 1.807) is 18.6 Å². The standard InChI is InChI=1S/C16H21N3OSi/c1-12-7-6-8-15(20-21(3,4)5)16(12)19-13(2)14-11-17-9-10-18-14/h6-11H,1-5H3. The number of aryl methyl sites for hydroxylation is 1. The molecule has 0 atom stereocenters. The number of aliphatic imine (C=N–C) groups is 1. The Bertz CT molecular complexity index is 648. The molecule has 0 saturated heterocycles. The first-order valence-corrected chi connectivity index (χ1v) is 10.4. The van der Waals surface area contributed by atoms with Crippen molar-refractivity contribution in [3.63, 3.8) is 0 Å². The van der Waals surface area contributed by atoms with Gasteiger partial charge in [0, 0.05) is 12.4 Å². The number of rotatable bonds is 4. The molecule has 4 nitrogen and oxygen atoms in total. The zero-order chi connectivity index (χ0) is 15.5. The lowest BCUT2D eigenvalue weighted by Crippen LogP contribution is -2.29. The van der Waals surface area contributed by atoms with E-state index in [9.17, 15) is 0 Å². The summed E-state index contributed by atoms with van der Waals surface area (Å²) in [5, 5.41) is 0. The maximum Gasteiger partial charge on any atom is 0.242 e. The number of benzene rings is 1. The van der Waals surface area contributed by atoms with Gasteiger partial charge >= 0.3 is 0 Å². The van der Waals surface area contributed by atoms with Crippen LogP contribution in [0.3, 0.4) is 0 Å². The summed E-state index contributed by atoms with van der Waals surface area (Å²) in [5.74, 6) is 0.845. The van der Waals surface area contributed by atoms with Crippen molar-refractivity contribution in [1.82, 2.24) is 9.97 Å². The van der Waals surface area contributed by atoms with E-state index in [0.29, 0.717) is 0 Å². The van der Waals surface area contributed by atoms with Crippen LogP contribution in [0.2, 0.25) is 19.6 Å². The number of para-hydroxylation sites is 1. The van der Waals surface area contributed by atoms with E-state index in [1.165, 1.54) is 0 Å². The maximum absolute atomic E-state index is 6.15. The molecule has 0 aliphatic heterocycles. The van der Waals surface area contributed by atoms with Crippen LogP contribution in [0.1, 0.15) is 18.2 Å². The van der Waals surface area contributed by atoms with E-state index in [4.69, 9.17) is 9.42 Å². The van der Waals surface area contributed by atoms with Crippen LogP contribution >= 0.6 is 0 Å². The van der Waals surface area contributed by atoms with E-state index in [-0.39, 0.29) is 0 Å². The van der Waals surface area contributed by atoms with Crippen LogP contribution in [0.5, 0.6) is 5.75 Å². The Morgan fingerprint density at radius 1 is 1.19 bits per heavy atom. The Morgan fingerprint density at radius 3 is 2.57 bits per heavy atom. The zero-order valence-corrected chi connectivity index (χ0v) is 14.2. The minimum atomic E-state index is -1.68. The molecule has 0 saturated carbocycles. The minimum Gasteiger partial charge on any atom is -0.543 e. The number of hydrogen-bond donors (Lipinski definition) is 0. The van der Waals surface area contributed by atoms with E-state index in [2.05, 4.69) is 29.6 Å². The van der Waals surface area contributed by atoms with Crippen LogP contribution < -0.4 is 4.43 Å². The topological polar surface area (TPSA) is 47.4 Å². The number of nitrogens with zero attached hydrogens (tertiary/aromatic N) is 3. The molecule has 0 fully saturated rings. The third-order valence-corrected chi connectivity index (χ3v) is 3.66. The van der Waals surface area contributed by atoms with Crippen molar-refractivity contribution in [2.45, 2.75) is 33.5 Å². The molecule has 0 aliphatic carbocycles. The van der Waals surface area contributed by atoms with Gasteiger partial charge in [0.15, 0.2) is 0 Å². The summed E-state index contributed by atoms with van der Waals surface area (Å²) in [7, 11) is -1.68. The highest BCUT2D eigenvalue weighted by molar-refractivity contribution is 6.70. The first-order chi connectivity index (χ1) is 9.87. The van der Waals surface area contributed by atoms with Crippen molar-refractivity contribution in [2.24, 2.45) is 4.99 Å². The quantitative estimate of drug-likeness (QED) is 0.629. The molecule has 0 N–H and O–H groups in total. The molecule has 0 bridgehead atoms. The number of hydrogen-bond acceptors (Lipinski definition) is 4. The first-order valence-electron chi connectivity index (χ1n) is 6.97. The average molecular weight is 299 g/mol. The second-order valence-corrected chi connectivity index (χ2v) is 10.4. The molecule has 0 spiro atoms. The Morgan fingerprint density at radius 2 is 1.95 bits per heavy atom. The molecule has 110 valence electrons. The minimum absolute atomic E-state index is 0.778. The molecule has 0 unspecified atom stereocenters. The molecule has 1 aromatic heterocycles. The van der Waals surface area contributed by atoms with Gasteiger partial charge in [-0.2, -0.15) is 0 Å². The van der Waals surface area contributed by atoms with Crippen LogP contribution in [0, 0.1) is 6.92 Å². The highest BCUT2D eigenvalue weighted by Gasteiger charge is 2.19. The van der Waals surface area contributed by atoms with E-state index < -0.39 is 8.32 Å². The molecular formula is C16H21N3OSi.